The second-order valence-corrected chi connectivity index (χ2v) is 4.22. The lowest BCUT2D eigenvalue weighted by atomic mass is 10.2. The number of amides is 1. The number of hydrogen-bond donors (Lipinski definition) is 2. The first-order valence-corrected chi connectivity index (χ1v) is 5.82. The van der Waals surface area contributed by atoms with Crippen LogP contribution in [0.4, 0.5) is 4.39 Å². The average molecular weight is 268 g/mol. The molecule has 0 heterocycles. The van der Waals surface area contributed by atoms with Crippen LogP contribution in [-0.2, 0) is 4.79 Å². The number of nitrogens with one attached hydrogen (secondary N) is 1. The zero-order valence-electron chi connectivity index (χ0n) is 9.14. The fourth-order valence-electron chi connectivity index (χ4n) is 1.10. The van der Waals surface area contributed by atoms with Gasteiger partial charge in [-0.15, -0.1) is 11.8 Å². The van der Waals surface area contributed by atoms with E-state index in [-0.39, 0.29) is 18.2 Å². The Labute approximate surface area is 107 Å². The topological polar surface area (TPSA) is 90.2 Å². The molecule has 0 aliphatic rings. The second-order valence-electron chi connectivity index (χ2n) is 3.17. The summed E-state index contributed by atoms with van der Waals surface area (Å²) in [6, 6.07) is 5.36. The lowest BCUT2D eigenvalue weighted by Gasteiger charge is -2.03. The van der Waals surface area contributed by atoms with Gasteiger partial charge in [-0.2, -0.15) is 5.26 Å². The molecule has 1 aromatic carbocycles. The van der Waals surface area contributed by atoms with Crippen LogP contribution in [0.25, 0.3) is 0 Å². The maximum atomic E-state index is 13.1. The number of halogens is 1. The van der Waals surface area contributed by atoms with Crippen molar-refractivity contribution >= 4 is 23.6 Å². The smallest absolute Gasteiger partial charge is 0.338 e. The molecule has 7 heteroatoms. The van der Waals surface area contributed by atoms with E-state index in [0.717, 1.165) is 17.8 Å². The fraction of sp³-hybridized carbons (Fsp3) is 0.182. The lowest BCUT2D eigenvalue weighted by molar-refractivity contribution is -0.118. The quantitative estimate of drug-likeness (QED) is 0.619. The van der Waals surface area contributed by atoms with E-state index in [4.69, 9.17) is 10.4 Å². The van der Waals surface area contributed by atoms with Crippen LogP contribution >= 0.6 is 11.8 Å². The van der Waals surface area contributed by atoms with Crippen molar-refractivity contribution in [2.24, 2.45) is 0 Å². The second kappa shape index (κ2) is 6.61. The molecule has 2 N–H and O–H groups in total. The molecule has 0 aliphatic carbocycles. The first-order valence-electron chi connectivity index (χ1n) is 4.84. The van der Waals surface area contributed by atoms with E-state index in [0.29, 0.717) is 4.90 Å². The number of aromatic carboxylic acids is 1. The summed E-state index contributed by atoms with van der Waals surface area (Å²) in [6.45, 7) is -0.0802. The largest absolute Gasteiger partial charge is 0.478 e. The van der Waals surface area contributed by atoms with Crippen molar-refractivity contribution in [1.82, 2.24) is 5.32 Å². The highest BCUT2D eigenvalue weighted by atomic mass is 32.2. The minimum Gasteiger partial charge on any atom is -0.478 e. The number of carboxylic acids is 1. The molecule has 5 nitrogen and oxygen atoms in total. The molecule has 0 unspecified atom stereocenters. The van der Waals surface area contributed by atoms with Gasteiger partial charge in [-0.3, -0.25) is 4.79 Å². The summed E-state index contributed by atoms with van der Waals surface area (Å²) in [5, 5.41) is 19.3. The number of rotatable bonds is 5. The Kier molecular flexibility index (Phi) is 5.14. The molecule has 0 saturated heterocycles. The van der Waals surface area contributed by atoms with Crippen molar-refractivity contribution in [2.45, 2.75) is 4.90 Å². The Balaban J connectivity index is 2.64. The highest BCUT2D eigenvalue weighted by molar-refractivity contribution is 8.00. The lowest BCUT2D eigenvalue weighted by Crippen LogP contribution is -2.25. The van der Waals surface area contributed by atoms with Gasteiger partial charge in [0.2, 0.25) is 5.91 Å². The number of nitrogens with zero attached hydrogens (tertiary/aromatic N) is 1. The van der Waals surface area contributed by atoms with E-state index in [1.807, 2.05) is 0 Å². The Morgan fingerprint density at radius 1 is 1.50 bits per heavy atom. The van der Waals surface area contributed by atoms with Crippen molar-refractivity contribution in [3.05, 3.63) is 29.6 Å². The molecule has 94 valence electrons. The van der Waals surface area contributed by atoms with Crippen LogP contribution in [0.2, 0.25) is 0 Å². The van der Waals surface area contributed by atoms with Crippen LogP contribution in [0.1, 0.15) is 10.4 Å². The van der Waals surface area contributed by atoms with Gasteiger partial charge in [0.1, 0.15) is 12.4 Å². The molecule has 1 amide bonds. The Bertz CT molecular complexity index is 514. The van der Waals surface area contributed by atoms with E-state index in [1.54, 1.807) is 6.07 Å². The SMILES string of the molecule is N#CCNC(=O)CSc1ccc(F)c(C(=O)O)c1. The molecule has 1 rings (SSSR count). The molecule has 18 heavy (non-hydrogen) atoms. The number of carbonyl (C=O) groups excluding carboxylic acids is 1. The summed E-state index contributed by atoms with van der Waals surface area (Å²) in [4.78, 5) is 22.3. The van der Waals surface area contributed by atoms with Crippen molar-refractivity contribution in [2.75, 3.05) is 12.3 Å². The van der Waals surface area contributed by atoms with E-state index < -0.39 is 17.3 Å². The Morgan fingerprint density at radius 2 is 2.22 bits per heavy atom. The molecule has 0 spiro atoms. The molecule has 0 atom stereocenters. The van der Waals surface area contributed by atoms with Crippen LogP contribution in [-0.4, -0.2) is 29.3 Å². The van der Waals surface area contributed by atoms with Crippen LogP contribution < -0.4 is 5.32 Å². The number of carboxylic acid groups (broad SMARTS) is 1. The highest BCUT2D eigenvalue weighted by Gasteiger charge is 2.11. The van der Waals surface area contributed by atoms with Crippen LogP contribution in [0, 0.1) is 17.1 Å². The Hall–Kier alpha value is -2.07. The number of carbonyl (C=O) groups is 2. The summed E-state index contributed by atoms with van der Waals surface area (Å²) >= 11 is 1.07. The fourth-order valence-corrected chi connectivity index (χ4v) is 1.86. The van der Waals surface area contributed by atoms with E-state index in [1.165, 1.54) is 12.1 Å². The minimum absolute atomic E-state index is 0.0341. The maximum absolute atomic E-state index is 13.1. The third kappa shape index (κ3) is 4.07. The van der Waals surface area contributed by atoms with E-state index in [2.05, 4.69) is 5.32 Å². The van der Waals surface area contributed by atoms with Crippen molar-refractivity contribution in [1.29, 1.82) is 5.26 Å². The summed E-state index contributed by atoms with van der Waals surface area (Å²) in [5.41, 5.74) is -0.433. The van der Waals surface area contributed by atoms with Crippen LogP contribution in [0.15, 0.2) is 23.1 Å². The first kappa shape index (κ1) is 14.0. The Morgan fingerprint density at radius 3 is 2.83 bits per heavy atom. The predicted molar refractivity (Wildman–Crippen MR) is 62.7 cm³/mol. The number of benzene rings is 1. The average Bonchev–Trinajstić information content (AvgIpc) is 2.35. The van der Waals surface area contributed by atoms with Gasteiger partial charge in [-0.1, -0.05) is 0 Å². The number of thioether (sulfide) groups is 1. The predicted octanol–water partition coefficient (Wildman–Crippen LogP) is 1.26. The first-order chi connectivity index (χ1) is 8.54. The summed E-state index contributed by atoms with van der Waals surface area (Å²) in [6.07, 6.45) is 0. The molecule has 0 saturated carbocycles. The molecule has 0 aromatic heterocycles. The zero-order chi connectivity index (χ0) is 13.5. The van der Waals surface area contributed by atoms with Crippen molar-refractivity contribution in [3.8, 4) is 6.07 Å². The van der Waals surface area contributed by atoms with Gasteiger partial charge < -0.3 is 10.4 Å². The number of hydrogen-bond acceptors (Lipinski definition) is 4. The van der Waals surface area contributed by atoms with E-state index in [9.17, 15) is 14.0 Å². The van der Waals surface area contributed by atoms with Gasteiger partial charge >= 0.3 is 5.97 Å². The van der Waals surface area contributed by atoms with Gasteiger partial charge in [-0.25, -0.2) is 9.18 Å². The summed E-state index contributed by atoms with van der Waals surface area (Å²) in [5.74, 6) is -2.49. The van der Waals surface area contributed by atoms with Gasteiger partial charge in [0.05, 0.1) is 17.4 Å². The molecular weight excluding hydrogens is 259 g/mol. The molecule has 1 aromatic rings. The zero-order valence-corrected chi connectivity index (χ0v) is 9.96. The number of nitriles is 1. The van der Waals surface area contributed by atoms with Gasteiger partial charge in [-0.05, 0) is 18.2 Å². The minimum atomic E-state index is -1.36. The highest BCUT2D eigenvalue weighted by Crippen LogP contribution is 2.21. The molecular formula is C11H9FN2O3S. The van der Waals surface area contributed by atoms with Crippen molar-refractivity contribution < 1.29 is 19.1 Å². The third-order valence-corrected chi connectivity index (χ3v) is 2.90. The van der Waals surface area contributed by atoms with E-state index >= 15 is 0 Å². The molecule has 0 bridgehead atoms. The summed E-state index contributed by atoms with van der Waals surface area (Å²) in [7, 11) is 0. The van der Waals surface area contributed by atoms with Crippen LogP contribution in [0.3, 0.4) is 0 Å². The van der Waals surface area contributed by atoms with Crippen LogP contribution in [0.5, 0.6) is 0 Å². The van der Waals surface area contributed by atoms with Gasteiger partial charge in [0, 0.05) is 4.90 Å². The normalized spacial score (nSPS) is 9.56. The van der Waals surface area contributed by atoms with Crippen molar-refractivity contribution in [3.63, 3.8) is 0 Å². The standard InChI is InChI=1S/C11H9FN2O3S/c12-9-2-1-7(5-8(9)11(16)17)18-6-10(15)14-4-3-13/h1-2,5H,4,6H2,(H,14,15)(H,16,17). The molecule has 0 aliphatic heterocycles. The van der Waals surface area contributed by atoms with Gasteiger partial charge in [0.25, 0.3) is 0 Å². The maximum Gasteiger partial charge on any atom is 0.338 e. The monoisotopic (exact) mass is 268 g/mol. The molecule has 0 fully saturated rings. The van der Waals surface area contributed by atoms with Gasteiger partial charge in [0.15, 0.2) is 0 Å². The third-order valence-electron chi connectivity index (χ3n) is 1.90. The molecule has 0 radical (unpaired) electrons. The summed E-state index contributed by atoms with van der Waals surface area (Å²) < 4.78 is 13.1.